The van der Waals surface area contributed by atoms with E-state index < -0.39 is 0 Å². The molecule has 0 unspecified atom stereocenters. The third-order valence-electron chi connectivity index (χ3n) is 3.15. The van der Waals surface area contributed by atoms with Crippen LogP contribution in [0.15, 0.2) is 24.4 Å². The first-order chi connectivity index (χ1) is 8.35. The molecule has 92 valence electrons. The van der Waals surface area contributed by atoms with Crippen molar-refractivity contribution in [1.29, 1.82) is 0 Å². The van der Waals surface area contributed by atoms with Crippen LogP contribution in [0.2, 0.25) is 0 Å². The maximum Gasteiger partial charge on any atom is 0.160 e. The lowest BCUT2D eigenvalue weighted by atomic mass is 10.2. The molecule has 0 spiro atoms. The predicted octanol–water partition coefficient (Wildman–Crippen LogP) is 2.05. The highest BCUT2D eigenvalue weighted by Gasteiger charge is 2.05. The number of rotatable bonds is 6. The molecule has 1 N–H and O–H groups in total. The Balaban J connectivity index is 1.95. The van der Waals surface area contributed by atoms with Crippen molar-refractivity contribution in [2.75, 3.05) is 6.54 Å². The van der Waals surface area contributed by atoms with Gasteiger partial charge in [0.15, 0.2) is 5.65 Å². The van der Waals surface area contributed by atoms with E-state index in [0.29, 0.717) is 6.04 Å². The third-order valence-corrected chi connectivity index (χ3v) is 3.15. The maximum absolute atomic E-state index is 4.22. The molecule has 2 rings (SSSR count). The second kappa shape index (κ2) is 5.77. The summed E-state index contributed by atoms with van der Waals surface area (Å²) in [6.07, 6.45) is 5.29. The van der Waals surface area contributed by atoms with Gasteiger partial charge >= 0.3 is 0 Å². The van der Waals surface area contributed by atoms with E-state index >= 15 is 0 Å². The molecule has 0 amide bonds. The van der Waals surface area contributed by atoms with Gasteiger partial charge in [-0.15, -0.1) is 10.2 Å². The predicted molar refractivity (Wildman–Crippen MR) is 69.1 cm³/mol. The first kappa shape index (κ1) is 12.0. The lowest BCUT2D eigenvalue weighted by molar-refractivity contribution is 0.484. The molecule has 17 heavy (non-hydrogen) atoms. The average molecular weight is 232 g/mol. The summed E-state index contributed by atoms with van der Waals surface area (Å²) in [4.78, 5) is 0. The van der Waals surface area contributed by atoms with Crippen LogP contribution in [-0.4, -0.2) is 27.2 Å². The summed E-state index contributed by atoms with van der Waals surface area (Å²) in [6, 6.07) is 6.59. The zero-order valence-electron chi connectivity index (χ0n) is 10.6. The quantitative estimate of drug-likeness (QED) is 0.829. The molecule has 0 saturated carbocycles. The van der Waals surface area contributed by atoms with Gasteiger partial charge in [-0.25, -0.2) is 0 Å². The van der Waals surface area contributed by atoms with Crippen molar-refractivity contribution in [2.24, 2.45) is 0 Å². The van der Waals surface area contributed by atoms with Crippen LogP contribution in [0, 0.1) is 0 Å². The van der Waals surface area contributed by atoms with Crippen LogP contribution in [0.25, 0.3) is 5.65 Å². The van der Waals surface area contributed by atoms with E-state index in [1.165, 1.54) is 12.8 Å². The fourth-order valence-electron chi connectivity index (χ4n) is 2.03. The van der Waals surface area contributed by atoms with Gasteiger partial charge in [-0.1, -0.05) is 19.9 Å². The maximum atomic E-state index is 4.22. The van der Waals surface area contributed by atoms with E-state index in [9.17, 15) is 0 Å². The highest BCUT2D eigenvalue weighted by molar-refractivity contribution is 5.36. The van der Waals surface area contributed by atoms with Gasteiger partial charge in [-0.05, 0) is 25.0 Å². The minimum absolute atomic E-state index is 0.620. The Morgan fingerprint density at radius 3 is 2.82 bits per heavy atom. The van der Waals surface area contributed by atoms with Crippen LogP contribution in [0.4, 0.5) is 0 Å². The van der Waals surface area contributed by atoms with Crippen molar-refractivity contribution >= 4 is 5.65 Å². The van der Waals surface area contributed by atoms with Crippen LogP contribution in [0.5, 0.6) is 0 Å². The number of nitrogens with one attached hydrogen (secondary N) is 1. The van der Waals surface area contributed by atoms with Crippen molar-refractivity contribution in [2.45, 2.75) is 39.2 Å². The summed E-state index contributed by atoms with van der Waals surface area (Å²) in [5.41, 5.74) is 0.921. The summed E-state index contributed by atoms with van der Waals surface area (Å²) in [5.74, 6) is 1.03. The van der Waals surface area contributed by atoms with Gasteiger partial charge in [0.1, 0.15) is 5.82 Å². The number of aromatic nitrogens is 3. The molecule has 0 aliphatic heterocycles. The standard InChI is InChI=1S/C13H20N4/c1-3-11(4-2)14-9-8-13-16-15-12-7-5-6-10-17(12)13/h5-7,10-11,14H,3-4,8-9H2,1-2H3. The van der Waals surface area contributed by atoms with Crippen molar-refractivity contribution in [3.05, 3.63) is 30.2 Å². The zero-order valence-corrected chi connectivity index (χ0v) is 10.6. The number of fused-ring (bicyclic) bond motifs is 1. The number of hydrogen-bond donors (Lipinski definition) is 1. The van der Waals surface area contributed by atoms with Crippen LogP contribution in [0.1, 0.15) is 32.5 Å². The van der Waals surface area contributed by atoms with Gasteiger partial charge < -0.3 is 5.32 Å². The zero-order chi connectivity index (χ0) is 12.1. The first-order valence-corrected chi connectivity index (χ1v) is 6.37. The molecule has 0 aromatic carbocycles. The Morgan fingerprint density at radius 1 is 1.24 bits per heavy atom. The lowest BCUT2D eigenvalue weighted by Crippen LogP contribution is -2.29. The van der Waals surface area contributed by atoms with E-state index in [2.05, 4.69) is 33.8 Å². The molecule has 2 aromatic heterocycles. The molecule has 2 aromatic rings. The number of pyridine rings is 1. The normalized spacial score (nSPS) is 11.5. The molecule has 0 saturated heterocycles. The van der Waals surface area contributed by atoms with Crippen molar-refractivity contribution < 1.29 is 0 Å². The second-order valence-corrected chi connectivity index (χ2v) is 4.26. The van der Waals surface area contributed by atoms with Gasteiger partial charge in [-0.3, -0.25) is 4.40 Å². The number of nitrogens with zero attached hydrogens (tertiary/aromatic N) is 3. The Morgan fingerprint density at radius 2 is 2.06 bits per heavy atom. The number of hydrogen-bond acceptors (Lipinski definition) is 3. The molecular weight excluding hydrogens is 212 g/mol. The van der Waals surface area contributed by atoms with Crippen molar-refractivity contribution in [3.8, 4) is 0 Å². The van der Waals surface area contributed by atoms with Crippen LogP contribution in [-0.2, 0) is 6.42 Å². The minimum Gasteiger partial charge on any atom is -0.314 e. The highest BCUT2D eigenvalue weighted by Crippen LogP contribution is 2.03. The molecule has 2 heterocycles. The first-order valence-electron chi connectivity index (χ1n) is 6.37. The lowest BCUT2D eigenvalue weighted by Gasteiger charge is -2.13. The topological polar surface area (TPSA) is 42.2 Å². The Kier molecular flexibility index (Phi) is 4.09. The smallest absolute Gasteiger partial charge is 0.160 e. The van der Waals surface area contributed by atoms with Crippen molar-refractivity contribution in [3.63, 3.8) is 0 Å². The average Bonchev–Trinajstić information content (AvgIpc) is 2.78. The van der Waals surface area contributed by atoms with Gasteiger partial charge in [0.2, 0.25) is 0 Å². The SMILES string of the molecule is CCC(CC)NCCc1nnc2ccccn12. The molecule has 0 fully saturated rings. The Hall–Kier alpha value is -1.42. The second-order valence-electron chi connectivity index (χ2n) is 4.26. The summed E-state index contributed by atoms with van der Waals surface area (Å²) >= 11 is 0. The minimum atomic E-state index is 0.620. The summed E-state index contributed by atoms with van der Waals surface area (Å²) in [5, 5.41) is 11.9. The third kappa shape index (κ3) is 2.82. The molecular formula is C13H20N4. The molecule has 4 nitrogen and oxygen atoms in total. The van der Waals surface area contributed by atoms with Crippen LogP contribution in [0.3, 0.4) is 0 Å². The molecule has 0 aliphatic rings. The fraction of sp³-hybridized carbons (Fsp3) is 0.538. The van der Waals surface area contributed by atoms with E-state index in [1.807, 2.05) is 24.4 Å². The van der Waals surface area contributed by atoms with E-state index in [1.54, 1.807) is 0 Å². The summed E-state index contributed by atoms with van der Waals surface area (Å²) in [7, 11) is 0. The van der Waals surface area contributed by atoms with Gasteiger partial charge in [0, 0.05) is 25.2 Å². The summed E-state index contributed by atoms with van der Waals surface area (Å²) in [6.45, 7) is 5.39. The molecule has 4 heteroatoms. The molecule has 0 bridgehead atoms. The Bertz CT molecular complexity index is 459. The van der Waals surface area contributed by atoms with Crippen LogP contribution < -0.4 is 5.32 Å². The highest BCUT2D eigenvalue weighted by atomic mass is 15.2. The van der Waals surface area contributed by atoms with Gasteiger partial charge in [0.25, 0.3) is 0 Å². The van der Waals surface area contributed by atoms with Gasteiger partial charge in [-0.2, -0.15) is 0 Å². The van der Waals surface area contributed by atoms with E-state index in [-0.39, 0.29) is 0 Å². The molecule has 0 aliphatic carbocycles. The van der Waals surface area contributed by atoms with E-state index in [4.69, 9.17) is 0 Å². The summed E-state index contributed by atoms with van der Waals surface area (Å²) < 4.78 is 2.05. The van der Waals surface area contributed by atoms with Crippen molar-refractivity contribution in [1.82, 2.24) is 19.9 Å². The largest absolute Gasteiger partial charge is 0.314 e. The molecule has 0 radical (unpaired) electrons. The monoisotopic (exact) mass is 232 g/mol. The van der Waals surface area contributed by atoms with Crippen LogP contribution >= 0.6 is 0 Å². The Labute approximate surface area is 102 Å². The van der Waals surface area contributed by atoms with Gasteiger partial charge in [0.05, 0.1) is 0 Å². The fourth-order valence-corrected chi connectivity index (χ4v) is 2.03. The van der Waals surface area contributed by atoms with E-state index in [0.717, 1.165) is 24.4 Å². The molecule has 0 atom stereocenters.